The number of hydrogen-bond acceptors (Lipinski definition) is 6. The summed E-state index contributed by atoms with van der Waals surface area (Å²) in [5, 5.41) is 2.22. The van der Waals surface area contributed by atoms with Gasteiger partial charge >= 0.3 is 11.9 Å². The second kappa shape index (κ2) is 17.6. The second-order valence-electron chi connectivity index (χ2n) is 10.3. The quantitative estimate of drug-likeness (QED) is 0.0511. The summed E-state index contributed by atoms with van der Waals surface area (Å²) >= 11 is 0. The highest BCUT2D eigenvalue weighted by Gasteiger charge is 2.28. The summed E-state index contributed by atoms with van der Waals surface area (Å²) in [4.78, 5) is 46.3. The smallest absolute Gasteiger partial charge is 0.290 e. The van der Waals surface area contributed by atoms with Crippen LogP contribution in [0.3, 0.4) is 0 Å². The topological polar surface area (TPSA) is 71.1 Å². The third-order valence-corrected chi connectivity index (χ3v) is 16.0. The van der Waals surface area contributed by atoms with Gasteiger partial charge in [0.05, 0.1) is 11.1 Å². The van der Waals surface area contributed by atoms with Crippen molar-refractivity contribution in [2.24, 2.45) is 0 Å². The Hall–Kier alpha value is -3.31. The van der Waals surface area contributed by atoms with Crippen molar-refractivity contribution >= 4 is 38.5 Å². The van der Waals surface area contributed by atoms with Gasteiger partial charge in [0.25, 0.3) is 0 Å². The fourth-order valence-corrected chi connectivity index (χ4v) is 9.60. The third-order valence-electron chi connectivity index (χ3n) is 7.95. The van der Waals surface area contributed by atoms with Gasteiger partial charge in [-0.05, 0) is 42.8 Å². The first kappa shape index (κ1) is 34.9. The van der Waals surface area contributed by atoms with Gasteiger partial charge in [-0.1, -0.05) is 104 Å². The van der Waals surface area contributed by atoms with E-state index >= 15 is 0 Å². The van der Waals surface area contributed by atoms with E-state index in [1.165, 1.54) is 0 Å². The Morgan fingerprint density at radius 2 is 1.02 bits per heavy atom. The number of rotatable bonds is 20. The monoisotopic (exact) mass is 606 g/mol. The molecule has 0 heterocycles. The van der Waals surface area contributed by atoms with E-state index in [4.69, 9.17) is 19.6 Å². The van der Waals surface area contributed by atoms with Crippen molar-refractivity contribution in [3.8, 4) is 0 Å². The van der Waals surface area contributed by atoms with Crippen LogP contribution in [0, 0.1) is 0 Å². The van der Waals surface area contributed by atoms with Gasteiger partial charge in [0.15, 0.2) is 0 Å². The molecule has 8 heteroatoms. The molecule has 0 radical (unpaired) electrons. The lowest BCUT2D eigenvalue weighted by Crippen LogP contribution is -2.43. The standard InChI is InChI=1S/C34H46O6Si2/c1-8-15-16-17-18-19-32(37-39-33(35)28-20-24-30(25-21-28)41(9-2,10-3)11-4)38-40-34(36)29-22-26-31(27-23-29)42(12-5,13-6)14-7/h9-10,12-13,20-27,32H,2-3,5-6,8,11,14-19H2,1,4,7H3. The van der Waals surface area contributed by atoms with Crippen LogP contribution in [0.25, 0.3) is 0 Å². The third kappa shape index (κ3) is 9.10. The zero-order chi connectivity index (χ0) is 31.0. The molecule has 0 N–H and O–H groups in total. The van der Waals surface area contributed by atoms with Crippen LogP contribution in [-0.2, 0) is 19.6 Å². The Balaban J connectivity index is 2.05. The molecule has 0 amide bonds. The minimum Gasteiger partial charge on any atom is -0.290 e. The molecule has 0 saturated carbocycles. The van der Waals surface area contributed by atoms with Crippen molar-refractivity contribution in [3.63, 3.8) is 0 Å². The Kier molecular flexibility index (Phi) is 14.6. The maximum Gasteiger partial charge on any atom is 0.373 e. The highest BCUT2D eigenvalue weighted by atomic mass is 28.3. The average molecular weight is 607 g/mol. The zero-order valence-corrected chi connectivity index (χ0v) is 27.4. The summed E-state index contributed by atoms with van der Waals surface area (Å²) in [6.45, 7) is 22.3. The fraction of sp³-hybridized carbons (Fsp3) is 0.353. The first-order valence-corrected chi connectivity index (χ1v) is 19.5. The molecule has 2 aromatic carbocycles. The average Bonchev–Trinajstić information content (AvgIpc) is 3.04. The van der Waals surface area contributed by atoms with E-state index in [1.54, 1.807) is 24.3 Å². The van der Waals surface area contributed by atoms with Crippen LogP contribution in [0.1, 0.15) is 80.0 Å². The van der Waals surface area contributed by atoms with Crippen LogP contribution in [0.2, 0.25) is 12.1 Å². The Labute approximate surface area is 253 Å². The van der Waals surface area contributed by atoms with Crippen molar-refractivity contribution in [2.45, 2.75) is 77.7 Å². The molecule has 0 atom stereocenters. The number of carbonyl (C=O) groups is 2. The summed E-state index contributed by atoms with van der Waals surface area (Å²) in [5.41, 5.74) is 8.59. The second-order valence-corrected chi connectivity index (χ2v) is 18.7. The summed E-state index contributed by atoms with van der Waals surface area (Å²) in [7, 11) is -4.02. The molecule has 0 saturated heterocycles. The number of carbonyl (C=O) groups excluding carboxylic acids is 2. The van der Waals surface area contributed by atoms with E-state index in [0.717, 1.165) is 54.6 Å². The summed E-state index contributed by atoms with van der Waals surface area (Å²) in [5.74, 6) is -1.34. The molecule has 0 unspecified atom stereocenters. The maximum absolute atomic E-state index is 12.7. The van der Waals surface area contributed by atoms with Crippen molar-refractivity contribution in [1.82, 2.24) is 0 Å². The molecular formula is C34H46O6Si2. The SMILES string of the molecule is C=C[Si](C=C)(CC)c1ccc(C(=O)OOC(CCCCCCC)OOC(=O)c2ccc([Si](C=C)(C=C)CC)cc2)cc1. The molecule has 0 aromatic heterocycles. The first-order valence-electron chi connectivity index (χ1n) is 14.8. The highest BCUT2D eigenvalue weighted by molar-refractivity contribution is 7.00. The van der Waals surface area contributed by atoms with Crippen LogP contribution in [0.5, 0.6) is 0 Å². The fourth-order valence-electron chi connectivity index (χ4n) is 4.77. The van der Waals surface area contributed by atoms with Gasteiger partial charge in [-0.15, -0.1) is 36.1 Å². The van der Waals surface area contributed by atoms with Crippen LogP contribution < -0.4 is 10.4 Å². The molecule has 42 heavy (non-hydrogen) atoms. The minimum atomic E-state index is -2.01. The van der Waals surface area contributed by atoms with E-state index in [1.807, 2.05) is 47.1 Å². The van der Waals surface area contributed by atoms with Gasteiger partial charge in [0.2, 0.25) is 6.29 Å². The molecule has 226 valence electrons. The van der Waals surface area contributed by atoms with Gasteiger partial charge in [-0.3, -0.25) is 9.78 Å². The van der Waals surface area contributed by atoms with Crippen LogP contribution >= 0.6 is 0 Å². The lowest BCUT2D eigenvalue weighted by molar-refractivity contribution is -0.421. The lowest BCUT2D eigenvalue weighted by atomic mass is 10.1. The molecule has 6 nitrogen and oxygen atoms in total. The summed E-state index contributed by atoms with van der Waals surface area (Å²) in [6.07, 6.45) is 4.33. The normalized spacial score (nSPS) is 11.5. The molecule has 2 rings (SSSR count). The van der Waals surface area contributed by atoms with Crippen molar-refractivity contribution in [3.05, 3.63) is 109 Å². The molecular weight excluding hydrogens is 561 g/mol. The van der Waals surface area contributed by atoms with E-state index < -0.39 is 34.4 Å². The van der Waals surface area contributed by atoms with Crippen LogP contribution in [0.4, 0.5) is 0 Å². The molecule has 0 fully saturated rings. The zero-order valence-electron chi connectivity index (χ0n) is 25.4. The Morgan fingerprint density at radius 1 is 0.643 bits per heavy atom. The van der Waals surface area contributed by atoms with E-state index in [9.17, 15) is 9.59 Å². The first-order chi connectivity index (χ1) is 20.3. The van der Waals surface area contributed by atoms with Crippen molar-refractivity contribution in [2.75, 3.05) is 0 Å². The number of benzene rings is 2. The molecule has 0 aliphatic rings. The molecule has 0 bridgehead atoms. The molecule has 0 aliphatic heterocycles. The molecule has 0 aliphatic carbocycles. The van der Waals surface area contributed by atoms with Gasteiger partial charge in [-0.2, -0.15) is 0 Å². The van der Waals surface area contributed by atoms with Gasteiger partial charge < -0.3 is 0 Å². The summed E-state index contributed by atoms with van der Waals surface area (Å²) in [6, 6.07) is 16.3. The van der Waals surface area contributed by atoms with Crippen LogP contribution in [0.15, 0.2) is 97.6 Å². The predicted octanol–water partition coefficient (Wildman–Crippen LogP) is 7.50. The van der Waals surface area contributed by atoms with Gasteiger partial charge in [-0.25, -0.2) is 9.59 Å². The highest BCUT2D eigenvalue weighted by Crippen LogP contribution is 2.17. The van der Waals surface area contributed by atoms with E-state index in [2.05, 4.69) is 47.1 Å². The van der Waals surface area contributed by atoms with E-state index in [-0.39, 0.29) is 0 Å². The summed E-state index contributed by atoms with van der Waals surface area (Å²) < 4.78 is 0. The minimum absolute atomic E-state index is 0.329. The predicted molar refractivity (Wildman–Crippen MR) is 176 cm³/mol. The van der Waals surface area contributed by atoms with E-state index in [0.29, 0.717) is 17.5 Å². The molecule has 2 aromatic rings. The van der Waals surface area contributed by atoms with Crippen molar-refractivity contribution in [1.29, 1.82) is 0 Å². The largest absolute Gasteiger partial charge is 0.373 e. The Morgan fingerprint density at radius 3 is 1.36 bits per heavy atom. The maximum atomic E-state index is 12.7. The Bertz CT molecular complexity index is 1090. The van der Waals surface area contributed by atoms with Gasteiger partial charge in [0, 0.05) is 6.42 Å². The lowest BCUT2D eigenvalue weighted by Gasteiger charge is -2.23. The number of unbranched alkanes of at least 4 members (excludes halogenated alkanes) is 4. The van der Waals surface area contributed by atoms with Gasteiger partial charge in [0.1, 0.15) is 16.1 Å². The number of hydrogen-bond donors (Lipinski definition) is 0. The van der Waals surface area contributed by atoms with Crippen LogP contribution in [-0.4, -0.2) is 34.4 Å². The molecule has 0 spiro atoms. The van der Waals surface area contributed by atoms with Crippen molar-refractivity contribution < 1.29 is 29.1 Å².